The largest absolute Gasteiger partial charge is 0.497 e. The Morgan fingerprint density at radius 2 is 2.25 bits per heavy atom. The zero-order valence-electron chi connectivity index (χ0n) is 9.04. The highest BCUT2D eigenvalue weighted by molar-refractivity contribution is 5.27. The summed E-state index contributed by atoms with van der Waals surface area (Å²) in [6.45, 7) is 0.694. The summed E-state index contributed by atoms with van der Waals surface area (Å²) >= 11 is 0. The van der Waals surface area contributed by atoms with Crippen molar-refractivity contribution in [3.8, 4) is 5.75 Å². The second-order valence-corrected chi connectivity index (χ2v) is 3.70. The Morgan fingerprint density at radius 1 is 1.56 bits per heavy atom. The Bertz CT molecular complexity index is 394. The van der Waals surface area contributed by atoms with E-state index in [9.17, 15) is 0 Å². The lowest BCUT2D eigenvalue weighted by Gasteiger charge is -2.08. The van der Waals surface area contributed by atoms with E-state index in [0.29, 0.717) is 13.0 Å². The lowest BCUT2D eigenvalue weighted by atomic mass is 10.0. The minimum atomic E-state index is -0.0987. The molecule has 0 bridgehead atoms. The summed E-state index contributed by atoms with van der Waals surface area (Å²) < 4.78 is 10.2. The third kappa shape index (κ3) is 2.66. The topological polar surface area (TPSA) is 70.5 Å². The molecule has 0 N–H and O–H groups in total. The SMILES string of the molecule is COc1ccc(C[C@H](N=[N+]=[N-])[C@H]2CO2)cc1. The molecule has 5 heteroatoms. The molecule has 2 atom stereocenters. The summed E-state index contributed by atoms with van der Waals surface area (Å²) in [6.07, 6.45) is 0.802. The van der Waals surface area contributed by atoms with E-state index in [1.807, 2.05) is 24.3 Å². The lowest BCUT2D eigenvalue weighted by Crippen LogP contribution is -2.15. The van der Waals surface area contributed by atoms with Gasteiger partial charge < -0.3 is 9.47 Å². The maximum absolute atomic E-state index is 8.46. The number of ether oxygens (including phenoxy) is 2. The fourth-order valence-corrected chi connectivity index (χ4v) is 1.59. The van der Waals surface area contributed by atoms with Crippen LogP contribution < -0.4 is 4.74 Å². The molecule has 0 radical (unpaired) electrons. The molecule has 1 aliphatic rings. The molecule has 0 amide bonds. The summed E-state index contributed by atoms with van der Waals surface area (Å²) in [7, 11) is 1.63. The summed E-state index contributed by atoms with van der Waals surface area (Å²) in [6, 6.07) is 7.65. The smallest absolute Gasteiger partial charge is 0.118 e. The van der Waals surface area contributed by atoms with Crippen molar-refractivity contribution in [2.45, 2.75) is 18.6 Å². The number of hydrogen-bond donors (Lipinski definition) is 0. The number of benzene rings is 1. The van der Waals surface area contributed by atoms with E-state index in [0.717, 1.165) is 11.3 Å². The van der Waals surface area contributed by atoms with Gasteiger partial charge in [-0.3, -0.25) is 0 Å². The fraction of sp³-hybridized carbons (Fsp3) is 0.455. The second-order valence-electron chi connectivity index (χ2n) is 3.70. The molecule has 1 aliphatic heterocycles. The highest BCUT2D eigenvalue weighted by Gasteiger charge is 2.31. The average molecular weight is 219 g/mol. The van der Waals surface area contributed by atoms with Gasteiger partial charge in [-0.15, -0.1) is 0 Å². The Kier molecular flexibility index (Phi) is 3.29. The van der Waals surface area contributed by atoms with E-state index in [1.165, 1.54) is 0 Å². The van der Waals surface area contributed by atoms with Crippen molar-refractivity contribution in [2.24, 2.45) is 5.11 Å². The minimum absolute atomic E-state index is 0.0954. The monoisotopic (exact) mass is 219 g/mol. The van der Waals surface area contributed by atoms with Crippen molar-refractivity contribution in [2.75, 3.05) is 13.7 Å². The van der Waals surface area contributed by atoms with Gasteiger partial charge in [0.1, 0.15) is 5.75 Å². The maximum atomic E-state index is 8.46. The van der Waals surface area contributed by atoms with Gasteiger partial charge in [-0.05, 0) is 29.6 Å². The van der Waals surface area contributed by atoms with Crippen LogP contribution >= 0.6 is 0 Å². The van der Waals surface area contributed by atoms with Crippen molar-refractivity contribution in [1.82, 2.24) is 0 Å². The van der Waals surface area contributed by atoms with Gasteiger partial charge in [-0.25, -0.2) is 0 Å². The third-order valence-electron chi connectivity index (χ3n) is 2.59. The van der Waals surface area contributed by atoms with Gasteiger partial charge in [0.05, 0.1) is 25.9 Å². The normalized spacial score (nSPS) is 19.7. The first-order valence-corrected chi connectivity index (χ1v) is 5.12. The number of epoxide rings is 1. The summed E-state index contributed by atoms with van der Waals surface area (Å²) in [4.78, 5) is 2.85. The highest BCUT2D eigenvalue weighted by Crippen LogP contribution is 2.22. The first kappa shape index (κ1) is 10.8. The first-order valence-electron chi connectivity index (χ1n) is 5.12. The van der Waals surface area contributed by atoms with Crippen molar-refractivity contribution >= 4 is 0 Å². The molecule has 5 nitrogen and oxygen atoms in total. The minimum Gasteiger partial charge on any atom is -0.497 e. The quantitative estimate of drug-likeness (QED) is 0.330. The van der Waals surface area contributed by atoms with Gasteiger partial charge in [0, 0.05) is 4.91 Å². The fourth-order valence-electron chi connectivity index (χ4n) is 1.59. The van der Waals surface area contributed by atoms with Gasteiger partial charge in [-0.1, -0.05) is 17.2 Å². The van der Waals surface area contributed by atoms with Crippen LogP contribution in [0.1, 0.15) is 5.56 Å². The molecule has 1 saturated heterocycles. The average Bonchev–Trinajstić information content (AvgIpc) is 3.13. The molecule has 1 aromatic carbocycles. The first-order chi connectivity index (χ1) is 7.83. The number of hydrogen-bond acceptors (Lipinski definition) is 3. The van der Waals surface area contributed by atoms with Gasteiger partial charge in [0.25, 0.3) is 0 Å². The van der Waals surface area contributed by atoms with Crippen LogP contribution in [-0.4, -0.2) is 25.9 Å². The van der Waals surface area contributed by atoms with Gasteiger partial charge >= 0.3 is 0 Å². The van der Waals surface area contributed by atoms with Crippen LogP contribution in [0.5, 0.6) is 5.75 Å². The van der Waals surface area contributed by atoms with Crippen LogP contribution in [-0.2, 0) is 11.2 Å². The number of methoxy groups -OCH3 is 1. The van der Waals surface area contributed by atoms with Crippen molar-refractivity contribution in [3.05, 3.63) is 40.3 Å². The van der Waals surface area contributed by atoms with E-state index in [4.69, 9.17) is 15.0 Å². The van der Waals surface area contributed by atoms with Crippen LogP contribution in [0.25, 0.3) is 10.4 Å². The molecule has 0 aromatic heterocycles. The van der Waals surface area contributed by atoms with E-state index in [1.54, 1.807) is 7.11 Å². The molecular formula is C11H13N3O2. The number of rotatable bonds is 5. The third-order valence-corrected chi connectivity index (χ3v) is 2.59. The molecular weight excluding hydrogens is 206 g/mol. The summed E-state index contributed by atoms with van der Waals surface area (Å²) in [5, 5.41) is 3.75. The van der Waals surface area contributed by atoms with Gasteiger partial charge in [-0.2, -0.15) is 0 Å². The Hall–Kier alpha value is -1.71. The molecule has 1 heterocycles. The van der Waals surface area contributed by atoms with Crippen LogP contribution in [0, 0.1) is 0 Å². The molecule has 84 valence electrons. The second kappa shape index (κ2) is 4.88. The van der Waals surface area contributed by atoms with Gasteiger partial charge in [0.15, 0.2) is 0 Å². The zero-order chi connectivity index (χ0) is 11.4. The Balaban J connectivity index is 2.03. The molecule has 0 unspecified atom stereocenters. The Morgan fingerprint density at radius 3 is 2.75 bits per heavy atom. The van der Waals surface area contributed by atoms with Crippen molar-refractivity contribution < 1.29 is 9.47 Å². The molecule has 0 saturated carbocycles. The van der Waals surface area contributed by atoms with Crippen LogP contribution in [0.2, 0.25) is 0 Å². The predicted octanol–water partition coefficient (Wildman–Crippen LogP) is 2.32. The molecule has 0 spiro atoms. The van der Waals surface area contributed by atoms with E-state index >= 15 is 0 Å². The lowest BCUT2D eigenvalue weighted by molar-refractivity contribution is 0.371. The predicted molar refractivity (Wildman–Crippen MR) is 59.4 cm³/mol. The number of azide groups is 1. The number of nitrogens with zero attached hydrogens (tertiary/aromatic N) is 3. The molecule has 2 rings (SSSR count). The van der Waals surface area contributed by atoms with E-state index in [2.05, 4.69) is 10.0 Å². The molecule has 1 fully saturated rings. The maximum Gasteiger partial charge on any atom is 0.118 e. The van der Waals surface area contributed by atoms with E-state index < -0.39 is 0 Å². The van der Waals surface area contributed by atoms with Crippen molar-refractivity contribution in [3.63, 3.8) is 0 Å². The summed E-state index contributed by atoms with van der Waals surface area (Å²) in [5.41, 5.74) is 9.58. The zero-order valence-corrected chi connectivity index (χ0v) is 9.04. The molecule has 16 heavy (non-hydrogen) atoms. The van der Waals surface area contributed by atoms with Crippen LogP contribution in [0.4, 0.5) is 0 Å². The van der Waals surface area contributed by atoms with Crippen LogP contribution in [0.3, 0.4) is 0 Å². The highest BCUT2D eigenvalue weighted by atomic mass is 16.6. The molecule has 0 aliphatic carbocycles. The standard InChI is InChI=1S/C11H13N3O2/c1-15-9-4-2-8(3-5-9)6-10(13-14-12)11-7-16-11/h2-5,10-11H,6-7H2,1H3/t10-,11+/m0/s1. The van der Waals surface area contributed by atoms with E-state index in [-0.39, 0.29) is 12.1 Å². The van der Waals surface area contributed by atoms with Gasteiger partial charge in [0.2, 0.25) is 0 Å². The summed E-state index contributed by atoms with van der Waals surface area (Å²) in [5.74, 6) is 0.826. The molecule has 1 aromatic rings. The Labute approximate surface area is 93.6 Å². The van der Waals surface area contributed by atoms with Crippen molar-refractivity contribution in [1.29, 1.82) is 0 Å². The van der Waals surface area contributed by atoms with Crippen LogP contribution in [0.15, 0.2) is 29.4 Å².